The van der Waals surface area contributed by atoms with E-state index in [1.807, 2.05) is 15.5 Å². The third-order valence-corrected chi connectivity index (χ3v) is 8.40. The molecule has 2 aromatic rings. The van der Waals surface area contributed by atoms with E-state index in [1.165, 1.54) is 0 Å². The summed E-state index contributed by atoms with van der Waals surface area (Å²) in [5.74, 6) is 0.909. The summed E-state index contributed by atoms with van der Waals surface area (Å²) in [6.45, 7) is 1.52. The molecule has 6 rings (SSSR count). The Morgan fingerprint density at radius 2 is 1.81 bits per heavy atom. The Morgan fingerprint density at radius 3 is 2.44 bits per heavy atom. The fourth-order valence-electron chi connectivity index (χ4n) is 5.73. The standard InChI is InChI=1S/C24H26ClF4N5O2/c25-16-1-2-18-15(9-16)12-33(17-10-23(36,11-17)24(27,28)29)13-19-30-31-20(34(18)19)14-3-7-32(8-4-14)21(35)22(26)5-6-22/h1-2,9,14,17,36H,3-8,10-13H2. The molecule has 2 aliphatic heterocycles. The highest BCUT2D eigenvalue weighted by Gasteiger charge is 2.62. The maximum absolute atomic E-state index is 14.3. The van der Waals surface area contributed by atoms with Crippen LogP contribution in [-0.2, 0) is 17.9 Å². The van der Waals surface area contributed by atoms with E-state index in [2.05, 4.69) is 10.2 Å². The number of hydrogen-bond acceptors (Lipinski definition) is 5. The highest BCUT2D eigenvalue weighted by atomic mass is 35.5. The van der Waals surface area contributed by atoms with E-state index in [1.54, 1.807) is 17.0 Å². The van der Waals surface area contributed by atoms with Crippen molar-refractivity contribution in [2.24, 2.45) is 0 Å². The molecule has 2 saturated carbocycles. The number of piperidine rings is 1. The topological polar surface area (TPSA) is 74.5 Å². The molecule has 1 aromatic heterocycles. The number of amides is 1. The number of rotatable bonds is 3. The van der Waals surface area contributed by atoms with E-state index in [9.17, 15) is 27.5 Å². The second kappa shape index (κ2) is 8.13. The Hall–Kier alpha value is -2.24. The van der Waals surface area contributed by atoms with Gasteiger partial charge in [0.25, 0.3) is 5.91 Å². The van der Waals surface area contributed by atoms with Crippen LogP contribution in [0.3, 0.4) is 0 Å². The van der Waals surface area contributed by atoms with Gasteiger partial charge in [0.2, 0.25) is 0 Å². The number of benzene rings is 1. The van der Waals surface area contributed by atoms with Crippen LogP contribution in [0.15, 0.2) is 18.2 Å². The average Bonchev–Trinajstić information content (AvgIpc) is 3.47. The smallest absolute Gasteiger partial charge is 0.380 e. The summed E-state index contributed by atoms with van der Waals surface area (Å²) in [5.41, 5.74) is -2.68. The van der Waals surface area contributed by atoms with Crippen molar-refractivity contribution >= 4 is 17.5 Å². The Balaban J connectivity index is 1.26. The predicted molar refractivity (Wildman–Crippen MR) is 121 cm³/mol. The van der Waals surface area contributed by atoms with Crippen LogP contribution in [0.1, 0.15) is 61.7 Å². The molecule has 2 aliphatic carbocycles. The Bertz CT molecular complexity index is 1200. The summed E-state index contributed by atoms with van der Waals surface area (Å²) < 4.78 is 55.9. The van der Waals surface area contributed by atoms with Crippen molar-refractivity contribution in [3.8, 4) is 5.69 Å². The summed E-state index contributed by atoms with van der Waals surface area (Å²) in [5, 5.41) is 19.4. The van der Waals surface area contributed by atoms with Crippen LogP contribution in [0.4, 0.5) is 17.6 Å². The molecule has 1 aromatic carbocycles. The molecule has 194 valence electrons. The molecule has 1 amide bonds. The third-order valence-electron chi connectivity index (χ3n) is 8.17. The van der Waals surface area contributed by atoms with Crippen molar-refractivity contribution in [3.63, 3.8) is 0 Å². The lowest BCUT2D eigenvalue weighted by atomic mass is 9.74. The molecular formula is C24H26ClF4N5O2. The first-order valence-corrected chi connectivity index (χ1v) is 12.6. The van der Waals surface area contributed by atoms with E-state index in [0.29, 0.717) is 56.2 Å². The second-order valence-electron chi connectivity index (χ2n) is 10.6. The van der Waals surface area contributed by atoms with E-state index < -0.39 is 42.2 Å². The normalized spacial score (nSPS) is 28.2. The van der Waals surface area contributed by atoms with Crippen LogP contribution in [0.2, 0.25) is 5.02 Å². The summed E-state index contributed by atoms with van der Waals surface area (Å²) in [6, 6.07) is 4.96. The number of carbonyl (C=O) groups excluding carboxylic acids is 1. The highest BCUT2D eigenvalue weighted by Crippen LogP contribution is 2.48. The molecule has 3 heterocycles. The SMILES string of the molecule is O=C(N1CCC(c2nnc3n2-c2ccc(Cl)cc2CN(C2CC(O)(C(F)(F)F)C2)C3)CC1)C1(F)CC1. The molecule has 0 atom stereocenters. The molecule has 7 nitrogen and oxygen atoms in total. The van der Waals surface area contributed by atoms with Crippen LogP contribution in [0.25, 0.3) is 5.69 Å². The van der Waals surface area contributed by atoms with Gasteiger partial charge >= 0.3 is 6.18 Å². The van der Waals surface area contributed by atoms with E-state index in [0.717, 1.165) is 17.1 Å². The van der Waals surface area contributed by atoms with Gasteiger partial charge in [0.05, 0.1) is 12.2 Å². The molecule has 1 N–H and O–H groups in total. The molecule has 4 aliphatic rings. The number of hydrogen-bond donors (Lipinski definition) is 1. The first kappa shape index (κ1) is 24.1. The molecule has 3 fully saturated rings. The van der Waals surface area contributed by atoms with Gasteiger partial charge in [0.15, 0.2) is 17.1 Å². The lowest BCUT2D eigenvalue weighted by Crippen LogP contribution is -2.61. The van der Waals surface area contributed by atoms with Crippen LogP contribution >= 0.6 is 11.6 Å². The van der Waals surface area contributed by atoms with E-state index in [-0.39, 0.29) is 12.5 Å². The number of likely N-dealkylation sites (tertiary alicyclic amines) is 1. The first-order valence-electron chi connectivity index (χ1n) is 12.2. The van der Waals surface area contributed by atoms with Crippen LogP contribution < -0.4 is 0 Å². The van der Waals surface area contributed by atoms with Gasteiger partial charge in [-0.1, -0.05) is 11.6 Å². The summed E-state index contributed by atoms with van der Waals surface area (Å²) >= 11 is 6.27. The Kier molecular flexibility index (Phi) is 5.45. The zero-order valence-corrected chi connectivity index (χ0v) is 20.2. The number of alkyl halides is 4. The van der Waals surface area contributed by atoms with E-state index in [4.69, 9.17) is 11.6 Å². The van der Waals surface area contributed by atoms with Crippen LogP contribution in [0.5, 0.6) is 0 Å². The highest BCUT2D eigenvalue weighted by molar-refractivity contribution is 6.30. The lowest BCUT2D eigenvalue weighted by molar-refractivity contribution is -0.300. The Labute approximate surface area is 210 Å². The molecule has 1 saturated heterocycles. The summed E-state index contributed by atoms with van der Waals surface area (Å²) in [4.78, 5) is 15.9. The van der Waals surface area contributed by atoms with Crippen LogP contribution in [0, 0.1) is 0 Å². The minimum atomic E-state index is -4.67. The van der Waals surface area contributed by atoms with Gasteiger partial charge in [-0.25, -0.2) is 4.39 Å². The number of carbonyl (C=O) groups is 1. The monoisotopic (exact) mass is 527 g/mol. The predicted octanol–water partition coefficient (Wildman–Crippen LogP) is 3.90. The fourth-order valence-corrected chi connectivity index (χ4v) is 5.92. The number of halogens is 5. The average molecular weight is 528 g/mol. The quantitative estimate of drug-likeness (QED) is 0.613. The van der Waals surface area contributed by atoms with Crippen molar-refractivity contribution in [2.45, 2.75) is 81.0 Å². The maximum Gasteiger partial charge on any atom is 0.417 e. The van der Waals surface area contributed by atoms with Gasteiger partial charge in [0.1, 0.15) is 5.82 Å². The van der Waals surface area contributed by atoms with Crippen molar-refractivity contribution in [1.29, 1.82) is 0 Å². The number of nitrogens with zero attached hydrogens (tertiary/aromatic N) is 5. The van der Waals surface area contributed by atoms with Crippen molar-refractivity contribution in [1.82, 2.24) is 24.6 Å². The molecular weight excluding hydrogens is 502 g/mol. The molecule has 0 unspecified atom stereocenters. The van der Waals surface area contributed by atoms with Gasteiger partial charge in [-0.15, -0.1) is 10.2 Å². The molecule has 36 heavy (non-hydrogen) atoms. The zero-order valence-electron chi connectivity index (χ0n) is 19.4. The lowest BCUT2D eigenvalue weighted by Gasteiger charge is -2.48. The fraction of sp³-hybridized carbons (Fsp3) is 0.625. The van der Waals surface area contributed by atoms with Gasteiger partial charge in [0, 0.05) is 49.5 Å². The molecule has 12 heteroatoms. The van der Waals surface area contributed by atoms with Crippen molar-refractivity contribution in [2.75, 3.05) is 13.1 Å². The zero-order chi connectivity index (χ0) is 25.5. The first-order chi connectivity index (χ1) is 17.0. The van der Waals surface area contributed by atoms with E-state index >= 15 is 0 Å². The number of fused-ring (bicyclic) bond motifs is 3. The number of aromatic nitrogens is 3. The van der Waals surface area contributed by atoms with Crippen molar-refractivity contribution < 1.29 is 27.5 Å². The molecule has 0 bridgehead atoms. The van der Waals surface area contributed by atoms with Gasteiger partial charge in [-0.05, 0) is 49.4 Å². The maximum atomic E-state index is 14.3. The summed E-state index contributed by atoms with van der Waals surface area (Å²) in [6.07, 6.45) is -3.63. The van der Waals surface area contributed by atoms with Gasteiger partial charge in [-0.3, -0.25) is 14.3 Å². The molecule has 0 radical (unpaired) electrons. The van der Waals surface area contributed by atoms with Crippen molar-refractivity contribution in [3.05, 3.63) is 40.4 Å². The third kappa shape index (κ3) is 3.90. The van der Waals surface area contributed by atoms with Gasteiger partial charge < -0.3 is 10.0 Å². The minimum absolute atomic E-state index is 0.000772. The minimum Gasteiger partial charge on any atom is -0.380 e. The molecule has 0 spiro atoms. The summed E-state index contributed by atoms with van der Waals surface area (Å²) in [7, 11) is 0. The largest absolute Gasteiger partial charge is 0.417 e. The number of aliphatic hydroxyl groups is 1. The Morgan fingerprint density at radius 1 is 1.11 bits per heavy atom. The van der Waals surface area contributed by atoms with Gasteiger partial charge in [-0.2, -0.15) is 13.2 Å². The second-order valence-corrected chi connectivity index (χ2v) is 11.0. The van der Waals surface area contributed by atoms with Crippen LogP contribution in [-0.4, -0.2) is 72.2 Å².